The second-order valence-electron chi connectivity index (χ2n) is 3.03. The molecule has 1 rings (SSSR count). The van der Waals surface area contributed by atoms with Crippen molar-refractivity contribution in [3.05, 3.63) is 24.3 Å². The lowest BCUT2D eigenvalue weighted by Crippen LogP contribution is -2.14. The third kappa shape index (κ3) is 3.70. The van der Waals surface area contributed by atoms with Gasteiger partial charge in [0, 0.05) is 20.1 Å². The molecule has 1 unspecified atom stereocenters. The number of aromatic nitrogens is 1. The molecule has 0 aliphatic heterocycles. The first-order valence-electron chi connectivity index (χ1n) is 4.49. The van der Waals surface area contributed by atoms with Crippen molar-refractivity contribution < 1.29 is 13.9 Å². The molecule has 0 saturated carbocycles. The molecule has 0 amide bonds. The molecule has 0 aromatic carbocycles. The van der Waals surface area contributed by atoms with Crippen molar-refractivity contribution in [2.24, 2.45) is 0 Å². The molecule has 4 heteroatoms. The van der Waals surface area contributed by atoms with E-state index in [9.17, 15) is 4.39 Å². The van der Waals surface area contributed by atoms with Crippen molar-refractivity contribution >= 4 is 0 Å². The maximum atomic E-state index is 12.4. The fourth-order valence-electron chi connectivity index (χ4n) is 1.01. The van der Waals surface area contributed by atoms with Crippen molar-refractivity contribution in [2.75, 3.05) is 13.7 Å². The number of hydrogen-bond donors (Lipinski definition) is 0. The second kappa shape index (κ2) is 5.54. The molecular formula is C10H14FNO2. The zero-order chi connectivity index (χ0) is 10.4. The first-order valence-corrected chi connectivity index (χ1v) is 4.49. The van der Waals surface area contributed by atoms with Crippen LogP contribution < -0.4 is 4.74 Å². The largest absolute Gasteiger partial charge is 0.489 e. The zero-order valence-electron chi connectivity index (χ0n) is 8.37. The Kier molecular flexibility index (Phi) is 4.32. The van der Waals surface area contributed by atoms with Gasteiger partial charge in [-0.05, 0) is 19.1 Å². The minimum Gasteiger partial charge on any atom is -0.489 e. The number of hydrogen-bond acceptors (Lipinski definition) is 3. The average Bonchev–Trinajstić information content (AvgIpc) is 2.18. The number of nitrogens with zero attached hydrogens (tertiary/aromatic N) is 1. The average molecular weight is 199 g/mol. The fourth-order valence-corrected chi connectivity index (χ4v) is 1.01. The Morgan fingerprint density at radius 3 is 2.86 bits per heavy atom. The van der Waals surface area contributed by atoms with Gasteiger partial charge in [-0.1, -0.05) is 0 Å². The molecule has 1 atom stereocenters. The third-order valence-corrected chi connectivity index (χ3v) is 1.77. The first-order chi connectivity index (χ1) is 6.72. The maximum Gasteiger partial charge on any atom is 0.213 e. The number of ether oxygens (including phenoxy) is 2. The summed E-state index contributed by atoms with van der Waals surface area (Å²) in [5.41, 5.74) is 0. The van der Waals surface area contributed by atoms with Crippen LogP contribution in [0.4, 0.5) is 4.39 Å². The molecule has 0 N–H and O–H groups in total. The molecule has 1 heterocycles. The van der Waals surface area contributed by atoms with Crippen LogP contribution in [0.2, 0.25) is 0 Å². The van der Waals surface area contributed by atoms with Gasteiger partial charge in [0.15, 0.2) is 0 Å². The Morgan fingerprint density at radius 1 is 1.50 bits per heavy atom. The van der Waals surface area contributed by atoms with E-state index in [1.165, 1.54) is 12.3 Å². The van der Waals surface area contributed by atoms with Crippen LogP contribution in [0.15, 0.2) is 18.3 Å². The normalized spacial score (nSPS) is 12.5. The Labute approximate surface area is 82.9 Å². The lowest BCUT2D eigenvalue weighted by molar-refractivity contribution is 0.135. The molecular weight excluding hydrogens is 185 g/mol. The van der Waals surface area contributed by atoms with E-state index in [0.717, 1.165) is 6.42 Å². The number of halogens is 1. The van der Waals surface area contributed by atoms with Crippen LogP contribution in [0.5, 0.6) is 5.75 Å². The van der Waals surface area contributed by atoms with E-state index in [1.54, 1.807) is 13.2 Å². The topological polar surface area (TPSA) is 31.4 Å². The summed E-state index contributed by atoms with van der Waals surface area (Å²) in [4.78, 5) is 3.49. The van der Waals surface area contributed by atoms with Crippen molar-refractivity contribution in [3.8, 4) is 5.75 Å². The fraction of sp³-hybridized carbons (Fsp3) is 0.500. The van der Waals surface area contributed by atoms with Crippen molar-refractivity contribution in [3.63, 3.8) is 0 Å². The van der Waals surface area contributed by atoms with Gasteiger partial charge in [-0.25, -0.2) is 4.98 Å². The summed E-state index contributed by atoms with van der Waals surface area (Å²) in [6.45, 7) is 2.58. The molecule has 1 aromatic heterocycles. The summed E-state index contributed by atoms with van der Waals surface area (Å²) < 4.78 is 22.8. The van der Waals surface area contributed by atoms with Gasteiger partial charge in [0.05, 0.1) is 12.3 Å². The van der Waals surface area contributed by atoms with Gasteiger partial charge in [0.2, 0.25) is 5.95 Å². The molecule has 0 fully saturated rings. The van der Waals surface area contributed by atoms with E-state index in [0.29, 0.717) is 12.4 Å². The summed E-state index contributed by atoms with van der Waals surface area (Å²) in [6, 6.07) is 2.84. The first kappa shape index (κ1) is 10.9. The second-order valence-corrected chi connectivity index (χ2v) is 3.03. The van der Waals surface area contributed by atoms with Gasteiger partial charge in [-0.15, -0.1) is 0 Å². The van der Waals surface area contributed by atoms with Crippen molar-refractivity contribution in [1.29, 1.82) is 0 Å². The lowest BCUT2D eigenvalue weighted by atomic mass is 10.3. The molecule has 0 spiro atoms. The van der Waals surface area contributed by atoms with Crippen molar-refractivity contribution in [2.45, 2.75) is 19.4 Å². The molecule has 1 aromatic rings. The van der Waals surface area contributed by atoms with Gasteiger partial charge < -0.3 is 9.47 Å². The van der Waals surface area contributed by atoms with Crippen LogP contribution in [0.3, 0.4) is 0 Å². The molecule has 0 radical (unpaired) electrons. The van der Waals surface area contributed by atoms with Crippen LogP contribution in [0.1, 0.15) is 13.3 Å². The van der Waals surface area contributed by atoms with Crippen LogP contribution in [0, 0.1) is 5.95 Å². The SMILES string of the molecule is COCCC(C)Oc1ccc(F)nc1. The van der Waals surface area contributed by atoms with E-state index < -0.39 is 5.95 Å². The minimum absolute atomic E-state index is 0.0437. The van der Waals surface area contributed by atoms with Crippen LogP contribution in [-0.2, 0) is 4.74 Å². The Bertz CT molecular complexity index is 263. The predicted molar refractivity (Wildman–Crippen MR) is 50.8 cm³/mol. The van der Waals surface area contributed by atoms with Crippen LogP contribution >= 0.6 is 0 Å². The number of methoxy groups -OCH3 is 1. The summed E-state index contributed by atoms with van der Waals surface area (Å²) >= 11 is 0. The third-order valence-electron chi connectivity index (χ3n) is 1.77. The summed E-state index contributed by atoms with van der Waals surface area (Å²) in [5.74, 6) is 0.0805. The monoisotopic (exact) mass is 199 g/mol. The molecule has 0 aliphatic carbocycles. The van der Waals surface area contributed by atoms with Gasteiger partial charge in [-0.2, -0.15) is 4.39 Å². The van der Waals surface area contributed by atoms with Crippen molar-refractivity contribution in [1.82, 2.24) is 4.98 Å². The summed E-state index contributed by atoms with van der Waals surface area (Å²) in [7, 11) is 1.65. The number of rotatable bonds is 5. The number of pyridine rings is 1. The highest BCUT2D eigenvalue weighted by atomic mass is 19.1. The van der Waals surface area contributed by atoms with E-state index in [4.69, 9.17) is 9.47 Å². The minimum atomic E-state index is -0.498. The molecule has 0 aliphatic rings. The molecule has 0 saturated heterocycles. The zero-order valence-corrected chi connectivity index (χ0v) is 8.37. The van der Waals surface area contributed by atoms with E-state index in [1.807, 2.05) is 6.92 Å². The summed E-state index contributed by atoms with van der Waals surface area (Å²) in [5, 5.41) is 0. The van der Waals surface area contributed by atoms with Gasteiger partial charge >= 0.3 is 0 Å². The highest BCUT2D eigenvalue weighted by Crippen LogP contribution is 2.11. The highest BCUT2D eigenvalue weighted by molar-refractivity contribution is 5.16. The Morgan fingerprint density at radius 2 is 2.29 bits per heavy atom. The highest BCUT2D eigenvalue weighted by Gasteiger charge is 2.03. The van der Waals surface area contributed by atoms with E-state index >= 15 is 0 Å². The van der Waals surface area contributed by atoms with Crippen LogP contribution in [-0.4, -0.2) is 24.8 Å². The molecule has 78 valence electrons. The smallest absolute Gasteiger partial charge is 0.213 e. The summed E-state index contributed by atoms with van der Waals surface area (Å²) in [6.07, 6.45) is 2.22. The lowest BCUT2D eigenvalue weighted by Gasteiger charge is -2.13. The molecule has 3 nitrogen and oxygen atoms in total. The Hall–Kier alpha value is -1.16. The van der Waals surface area contributed by atoms with Crippen LogP contribution in [0.25, 0.3) is 0 Å². The van der Waals surface area contributed by atoms with Gasteiger partial charge in [0.25, 0.3) is 0 Å². The van der Waals surface area contributed by atoms with E-state index in [-0.39, 0.29) is 6.10 Å². The van der Waals surface area contributed by atoms with E-state index in [2.05, 4.69) is 4.98 Å². The standard InChI is InChI=1S/C10H14FNO2/c1-8(5-6-13-2)14-9-3-4-10(11)12-7-9/h3-4,7-8H,5-6H2,1-2H3. The molecule has 0 bridgehead atoms. The van der Waals surface area contributed by atoms with Gasteiger partial charge in [0.1, 0.15) is 5.75 Å². The molecule has 14 heavy (non-hydrogen) atoms. The Balaban J connectivity index is 2.39. The predicted octanol–water partition coefficient (Wildman–Crippen LogP) is 2.02. The quantitative estimate of drug-likeness (QED) is 0.680. The maximum absolute atomic E-state index is 12.4. The van der Waals surface area contributed by atoms with Gasteiger partial charge in [-0.3, -0.25) is 0 Å².